The van der Waals surface area contributed by atoms with Crippen molar-refractivity contribution in [3.05, 3.63) is 29.8 Å². The topological polar surface area (TPSA) is 41.5 Å². The summed E-state index contributed by atoms with van der Waals surface area (Å²) in [6, 6.07) is 8.36. The molecule has 0 radical (unpaired) electrons. The van der Waals surface area contributed by atoms with E-state index in [4.69, 9.17) is 4.74 Å². The van der Waals surface area contributed by atoms with Crippen LogP contribution in [0.2, 0.25) is 0 Å². The Labute approximate surface area is 128 Å². The van der Waals surface area contributed by atoms with Crippen LogP contribution in [0.15, 0.2) is 24.3 Å². The molecule has 21 heavy (non-hydrogen) atoms. The Hall–Kier alpha value is -1.06. The van der Waals surface area contributed by atoms with Crippen LogP contribution in [-0.2, 0) is 6.54 Å². The molecule has 118 valence electrons. The van der Waals surface area contributed by atoms with Crippen LogP contribution in [-0.4, -0.2) is 24.4 Å². The highest BCUT2D eigenvalue weighted by molar-refractivity contribution is 5.27. The standard InChI is InChI=1S/C18H29NO2/c1-2-3-11-21-18-9-7-15(8-10-18)13-19-14-16-5-4-6-17(20)12-16/h7-10,16-17,19-20H,2-6,11-14H2,1H3. The Morgan fingerprint density at radius 3 is 2.76 bits per heavy atom. The van der Waals surface area contributed by atoms with Crippen molar-refractivity contribution in [3.8, 4) is 5.75 Å². The number of aliphatic hydroxyl groups is 1. The molecule has 0 heterocycles. The lowest BCUT2D eigenvalue weighted by Gasteiger charge is -2.26. The molecule has 1 aliphatic carbocycles. The number of ether oxygens (including phenoxy) is 1. The van der Waals surface area contributed by atoms with Crippen LogP contribution in [0.5, 0.6) is 5.75 Å². The van der Waals surface area contributed by atoms with Crippen LogP contribution in [0.4, 0.5) is 0 Å². The highest BCUT2D eigenvalue weighted by Crippen LogP contribution is 2.23. The Morgan fingerprint density at radius 1 is 1.24 bits per heavy atom. The Bertz CT molecular complexity index is 391. The number of unbranched alkanes of at least 4 members (excludes halogenated alkanes) is 1. The number of aliphatic hydroxyl groups excluding tert-OH is 1. The third kappa shape index (κ3) is 6.06. The molecule has 1 saturated carbocycles. The van der Waals surface area contributed by atoms with Crippen LogP contribution in [0.25, 0.3) is 0 Å². The van der Waals surface area contributed by atoms with Gasteiger partial charge in [-0.25, -0.2) is 0 Å². The van der Waals surface area contributed by atoms with E-state index in [0.717, 1.165) is 57.6 Å². The lowest BCUT2D eigenvalue weighted by atomic mass is 9.87. The summed E-state index contributed by atoms with van der Waals surface area (Å²) in [5.41, 5.74) is 1.29. The van der Waals surface area contributed by atoms with Crippen LogP contribution >= 0.6 is 0 Å². The molecule has 1 aromatic carbocycles. The summed E-state index contributed by atoms with van der Waals surface area (Å²) >= 11 is 0. The second-order valence-electron chi connectivity index (χ2n) is 6.16. The molecule has 0 spiro atoms. The van der Waals surface area contributed by atoms with Gasteiger partial charge in [0.15, 0.2) is 0 Å². The predicted molar refractivity (Wildman–Crippen MR) is 86.5 cm³/mol. The molecule has 0 amide bonds. The number of rotatable bonds is 8. The van der Waals surface area contributed by atoms with Gasteiger partial charge >= 0.3 is 0 Å². The Morgan fingerprint density at radius 2 is 2.05 bits per heavy atom. The quantitative estimate of drug-likeness (QED) is 0.720. The molecule has 0 bridgehead atoms. The van der Waals surface area contributed by atoms with E-state index in [-0.39, 0.29) is 6.10 Å². The minimum absolute atomic E-state index is 0.0786. The molecule has 3 nitrogen and oxygen atoms in total. The van der Waals surface area contributed by atoms with Gasteiger partial charge in [-0.1, -0.05) is 31.9 Å². The SMILES string of the molecule is CCCCOc1ccc(CNCC2CCCC(O)C2)cc1. The maximum atomic E-state index is 9.67. The third-order valence-corrected chi connectivity index (χ3v) is 4.21. The molecule has 1 aliphatic rings. The van der Waals surface area contributed by atoms with Gasteiger partial charge in [-0.3, -0.25) is 0 Å². The molecular formula is C18H29NO2. The summed E-state index contributed by atoms with van der Waals surface area (Å²) in [5, 5.41) is 13.2. The monoisotopic (exact) mass is 291 g/mol. The zero-order valence-electron chi connectivity index (χ0n) is 13.2. The Kier molecular flexibility index (Phi) is 7.04. The van der Waals surface area contributed by atoms with Crippen molar-refractivity contribution in [1.29, 1.82) is 0 Å². The highest BCUT2D eigenvalue weighted by atomic mass is 16.5. The molecule has 0 aromatic heterocycles. The third-order valence-electron chi connectivity index (χ3n) is 4.21. The molecule has 2 atom stereocenters. The smallest absolute Gasteiger partial charge is 0.119 e. The van der Waals surface area contributed by atoms with Gasteiger partial charge in [0.25, 0.3) is 0 Å². The summed E-state index contributed by atoms with van der Waals surface area (Å²) < 4.78 is 5.66. The number of benzene rings is 1. The van der Waals surface area contributed by atoms with Gasteiger partial charge in [-0.15, -0.1) is 0 Å². The predicted octanol–water partition coefficient (Wildman–Crippen LogP) is 3.51. The van der Waals surface area contributed by atoms with Gasteiger partial charge < -0.3 is 15.2 Å². The fourth-order valence-electron chi connectivity index (χ4n) is 2.91. The van der Waals surface area contributed by atoms with Crippen molar-refractivity contribution < 1.29 is 9.84 Å². The largest absolute Gasteiger partial charge is 0.494 e. The molecule has 0 aliphatic heterocycles. The average molecular weight is 291 g/mol. The van der Waals surface area contributed by atoms with E-state index in [1.807, 2.05) is 0 Å². The van der Waals surface area contributed by atoms with E-state index in [1.54, 1.807) is 0 Å². The van der Waals surface area contributed by atoms with E-state index in [0.29, 0.717) is 5.92 Å². The molecular weight excluding hydrogens is 262 g/mol. The second-order valence-corrected chi connectivity index (χ2v) is 6.16. The molecule has 2 unspecified atom stereocenters. The zero-order valence-corrected chi connectivity index (χ0v) is 13.2. The van der Waals surface area contributed by atoms with Gasteiger partial charge in [0.05, 0.1) is 12.7 Å². The first-order valence-corrected chi connectivity index (χ1v) is 8.38. The summed E-state index contributed by atoms with van der Waals surface area (Å²) in [5.74, 6) is 1.59. The van der Waals surface area contributed by atoms with Gasteiger partial charge in [-0.2, -0.15) is 0 Å². The van der Waals surface area contributed by atoms with Gasteiger partial charge in [0.2, 0.25) is 0 Å². The lowest BCUT2D eigenvalue weighted by Crippen LogP contribution is -2.28. The van der Waals surface area contributed by atoms with Crippen molar-refractivity contribution in [1.82, 2.24) is 5.32 Å². The maximum absolute atomic E-state index is 9.67. The summed E-state index contributed by atoms with van der Waals surface area (Å²) in [6.07, 6.45) is 6.54. The van der Waals surface area contributed by atoms with E-state index < -0.39 is 0 Å². The summed E-state index contributed by atoms with van der Waals surface area (Å²) in [6.45, 7) is 4.87. The molecule has 2 rings (SSSR count). The van der Waals surface area contributed by atoms with Crippen molar-refractivity contribution >= 4 is 0 Å². The Balaban J connectivity index is 1.66. The molecule has 1 aromatic rings. The molecule has 0 saturated heterocycles. The van der Waals surface area contributed by atoms with Gasteiger partial charge in [0, 0.05) is 6.54 Å². The maximum Gasteiger partial charge on any atom is 0.119 e. The van der Waals surface area contributed by atoms with Gasteiger partial charge in [0.1, 0.15) is 5.75 Å². The van der Waals surface area contributed by atoms with E-state index >= 15 is 0 Å². The van der Waals surface area contributed by atoms with Crippen molar-refractivity contribution in [3.63, 3.8) is 0 Å². The lowest BCUT2D eigenvalue weighted by molar-refractivity contribution is 0.101. The zero-order chi connectivity index (χ0) is 14.9. The van der Waals surface area contributed by atoms with Crippen LogP contribution < -0.4 is 10.1 Å². The van der Waals surface area contributed by atoms with E-state index in [1.165, 1.54) is 12.0 Å². The van der Waals surface area contributed by atoms with Crippen LogP contribution in [0.3, 0.4) is 0 Å². The first-order valence-electron chi connectivity index (χ1n) is 8.38. The molecule has 1 fully saturated rings. The first-order chi connectivity index (χ1) is 10.3. The van der Waals surface area contributed by atoms with E-state index in [2.05, 4.69) is 36.5 Å². The summed E-state index contributed by atoms with van der Waals surface area (Å²) in [4.78, 5) is 0. The van der Waals surface area contributed by atoms with Crippen LogP contribution in [0, 0.1) is 5.92 Å². The molecule has 2 N–H and O–H groups in total. The van der Waals surface area contributed by atoms with Crippen molar-refractivity contribution in [2.24, 2.45) is 5.92 Å². The molecule has 3 heteroatoms. The van der Waals surface area contributed by atoms with Crippen molar-refractivity contribution in [2.75, 3.05) is 13.2 Å². The highest BCUT2D eigenvalue weighted by Gasteiger charge is 2.19. The first kappa shape index (κ1) is 16.3. The van der Waals surface area contributed by atoms with Crippen LogP contribution in [0.1, 0.15) is 51.0 Å². The fraction of sp³-hybridized carbons (Fsp3) is 0.667. The summed E-state index contributed by atoms with van der Waals surface area (Å²) in [7, 11) is 0. The number of nitrogens with one attached hydrogen (secondary N) is 1. The number of hydrogen-bond donors (Lipinski definition) is 2. The normalized spacial score (nSPS) is 22.2. The minimum Gasteiger partial charge on any atom is -0.494 e. The average Bonchev–Trinajstić information content (AvgIpc) is 2.49. The second kappa shape index (κ2) is 9.06. The minimum atomic E-state index is -0.0786. The van der Waals surface area contributed by atoms with E-state index in [9.17, 15) is 5.11 Å². The number of hydrogen-bond acceptors (Lipinski definition) is 3. The fourth-order valence-corrected chi connectivity index (χ4v) is 2.91. The van der Waals surface area contributed by atoms with Gasteiger partial charge in [-0.05, 0) is 55.8 Å². The van der Waals surface area contributed by atoms with Crippen molar-refractivity contribution in [2.45, 2.75) is 58.1 Å².